The highest BCUT2D eigenvalue weighted by molar-refractivity contribution is 5.93. The van der Waals surface area contributed by atoms with Gasteiger partial charge in [0.15, 0.2) is 5.69 Å². The fraction of sp³-hybridized carbons (Fsp3) is 0.500. The molecule has 0 aliphatic heterocycles. The summed E-state index contributed by atoms with van der Waals surface area (Å²) in [6.07, 6.45) is 13.0. The van der Waals surface area contributed by atoms with Crippen LogP contribution in [0.2, 0.25) is 0 Å². The smallest absolute Gasteiger partial charge is 0.281 e. The molecule has 0 radical (unpaired) electrons. The van der Waals surface area contributed by atoms with Gasteiger partial charge in [0.05, 0.1) is 6.21 Å². The summed E-state index contributed by atoms with van der Waals surface area (Å²) in [5.41, 5.74) is 5.24. The van der Waals surface area contributed by atoms with Gasteiger partial charge in [-0.1, -0.05) is 0 Å². The summed E-state index contributed by atoms with van der Waals surface area (Å²) in [5.74, 6) is 2.33. The zero-order chi connectivity index (χ0) is 17.6. The van der Waals surface area contributed by atoms with Crippen LogP contribution in [-0.2, 0) is 5.41 Å². The molecule has 4 saturated carbocycles. The van der Waals surface area contributed by atoms with Gasteiger partial charge in [0.25, 0.3) is 5.91 Å². The number of carbonyl (C=O) groups is 1. The Kier molecular flexibility index (Phi) is 3.65. The standard InChI is InChI=1S/C20H23N5O/c26-19(25-22-12-13-1-3-21-4-2-13)17-8-18(24-23-17)20-9-14-5-15(10-20)7-16(6-14)11-20/h1-4,8,12,14-16H,5-7,9-11H2,(H,23,24)(H,25,26). The molecule has 2 N–H and O–H groups in total. The number of aromatic nitrogens is 3. The Morgan fingerprint density at radius 3 is 2.46 bits per heavy atom. The number of nitrogens with one attached hydrogen (secondary N) is 2. The molecule has 0 saturated heterocycles. The largest absolute Gasteiger partial charge is 0.291 e. The molecule has 0 spiro atoms. The van der Waals surface area contributed by atoms with Crippen LogP contribution in [0, 0.1) is 17.8 Å². The minimum Gasteiger partial charge on any atom is -0.281 e. The first-order valence-corrected chi connectivity index (χ1v) is 9.49. The number of hydrazone groups is 1. The maximum atomic E-state index is 12.4. The first kappa shape index (κ1) is 15.7. The molecule has 2 aromatic rings. The van der Waals surface area contributed by atoms with E-state index in [0.717, 1.165) is 29.0 Å². The monoisotopic (exact) mass is 349 g/mol. The number of H-pyrrole nitrogens is 1. The van der Waals surface area contributed by atoms with Crippen LogP contribution in [0.25, 0.3) is 0 Å². The highest BCUT2D eigenvalue weighted by Gasteiger charge is 2.52. The van der Waals surface area contributed by atoms with E-state index in [1.165, 1.54) is 38.5 Å². The molecular formula is C20H23N5O. The van der Waals surface area contributed by atoms with Crippen molar-refractivity contribution >= 4 is 12.1 Å². The Labute approximate surface area is 152 Å². The third-order valence-corrected chi connectivity index (χ3v) is 6.51. The molecule has 134 valence electrons. The van der Waals surface area contributed by atoms with Crippen molar-refractivity contribution in [1.29, 1.82) is 0 Å². The van der Waals surface area contributed by atoms with E-state index < -0.39 is 0 Å². The zero-order valence-electron chi connectivity index (χ0n) is 14.7. The van der Waals surface area contributed by atoms with Crippen LogP contribution < -0.4 is 5.43 Å². The lowest BCUT2D eigenvalue weighted by atomic mass is 9.49. The van der Waals surface area contributed by atoms with Gasteiger partial charge in [-0.3, -0.25) is 14.9 Å². The van der Waals surface area contributed by atoms with E-state index in [4.69, 9.17) is 0 Å². The van der Waals surface area contributed by atoms with Crippen LogP contribution in [0.1, 0.15) is 60.3 Å². The highest BCUT2D eigenvalue weighted by atomic mass is 16.2. The average molecular weight is 349 g/mol. The van der Waals surface area contributed by atoms with Gasteiger partial charge in [0.2, 0.25) is 0 Å². The van der Waals surface area contributed by atoms with Crippen LogP contribution in [0.4, 0.5) is 0 Å². The number of hydrogen-bond acceptors (Lipinski definition) is 4. The minimum absolute atomic E-state index is 0.223. The van der Waals surface area contributed by atoms with Gasteiger partial charge >= 0.3 is 0 Å². The predicted molar refractivity (Wildman–Crippen MR) is 97.7 cm³/mol. The van der Waals surface area contributed by atoms with E-state index in [9.17, 15) is 4.79 Å². The molecular weight excluding hydrogens is 326 g/mol. The SMILES string of the molecule is O=C(NN=Cc1ccncc1)c1cc(C23CC4CC(CC(C4)C2)C3)[nH]n1. The maximum absolute atomic E-state index is 12.4. The molecule has 2 heterocycles. The molecule has 1 amide bonds. The normalized spacial score (nSPS) is 32.2. The molecule has 26 heavy (non-hydrogen) atoms. The Morgan fingerprint density at radius 2 is 1.81 bits per heavy atom. The lowest BCUT2D eigenvalue weighted by Crippen LogP contribution is -2.48. The Bertz CT molecular complexity index is 806. The van der Waals surface area contributed by atoms with Gasteiger partial charge in [-0.2, -0.15) is 10.2 Å². The van der Waals surface area contributed by atoms with Gasteiger partial charge in [0.1, 0.15) is 0 Å². The number of nitrogens with zero attached hydrogens (tertiary/aromatic N) is 3. The van der Waals surface area contributed by atoms with Crippen LogP contribution >= 0.6 is 0 Å². The summed E-state index contributed by atoms with van der Waals surface area (Å²) >= 11 is 0. The fourth-order valence-corrected chi connectivity index (χ4v) is 5.82. The van der Waals surface area contributed by atoms with Gasteiger partial charge in [-0.25, -0.2) is 5.43 Å². The Morgan fingerprint density at radius 1 is 1.15 bits per heavy atom. The number of rotatable bonds is 4. The van der Waals surface area contributed by atoms with Crippen molar-refractivity contribution in [3.63, 3.8) is 0 Å². The van der Waals surface area contributed by atoms with Crippen LogP contribution in [0.3, 0.4) is 0 Å². The molecule has 2 aromatic heterocycles. The van der Waals surface area contributed by atoms with E-state index in [0.29, 0.717) is 5.69 Å². The summed E-state index contributed by atoms with van der Waals surface area (Å²) in [6.45, 7) is 0. The van der Waals surface area contributed by atoms with Crippen molar-refractivity contribution in [2.75, 3.05) is 0 Å². The second-order valence-corrected chi connectivity index (χ2v) is 8.34. The predicted octanol–water partition coefficient (Wildman–Crippen LogP) is 3.04. The van der Waals surface area contributed by atoms with Gasteiger partial charge in [-0.15, -0.1) is 0 Å². The quantitative estimate of drug-likeness (QED) is 0.657. The summed E-state index contributed by atoms with van der Waals surface area (Å²) in [4.78, 5) is 16.3. The van der Waals surface area contributed by atoms with Crippen LogP contribution in [0.5, 0.6) is 0 Å². The number of amides is 1. The number of carbonyl (C=O) groups excluding carboxylic acids is 1. The van der Waals surface area contributed by atoms with E-state index in [-0.39, 0.29) is 11.3 Å². The summed E-state index contributed by atoms with van der Waals surface area (Å²) in [6, 6.07) is 5.61. The second kappa shape index (κ2) is 6.04. The van der Waals surface area contributed by atoms with Crippen LogP contribution in [-0.4, -0.2) is 27.3 Å². The third kappa shape index (κ3) is 2.73. The van der Waals surface area contributed by atoms with Gasteiger partial charge < -0.3 is 0 Å². The first-order valence-electron chi connectivity index (χ1n) is 9.49. The lowest BCUT2D eigenvalue weighted by molar-refractivity contribution is -0.00721. The molecule has 6 nitrogen and oxygen atoms in total. The first-order chi connectivity index (χ1) is 12.7. The molecule has 4 aliphatic rings. The summed E-state index contributed by atoms with van der Waals surface area (Å²) < 4.78 is 0. The molecule has 4 bridgehead atoms. The molecule has 4 aliphatic carbocycles. The van der Waals surface area contributed by atoms with Crippen molar-refractivity contribution in [2.24, 2.45) is 22.9 Å². The van der Waals surface area contributed by atoms with Gasteiger partial charge in [-0.05, 0) is 80.0 Å². The minimum atomic E-state index is -0.275. The molecule has 0 aromatic carbocycles. The van der Waals surface area contributed by atoms with Crippen molar-refractivity contribution in [2.45, 2.75) is 43.9 Å². The van der Waals surface area contributed by atoms with E-state index in [1.54, 1.807) is 18.6 Å². The van der Waals surface area contributed by atoms with E-state index in [2.05, 4.69) is 25.7 Å². The van der Waals surface area contributed by atoms with Crippen molar-refractivity contribution in [3.05, 3.63) is 47.5 Å². The van der Waals surface area contributed by atoms with Crippen LogP contribution in [0.15, 0.2) is 35.7 Å². The maximum Gasteiger partial charge on any atom is 0.291 e. The van der Waals surface area contributed by atoms with Gasteiger partial charge in [0, 0.05) is 23.5 Å². The summed E-state index contributed by atoms with van der Waals surface area (Å²) in [5, 5.41) is 11.5. The average Bonchev–Trinajstić information content (AvgIpc) is 3.13. The third-order valence-electron chi connectivity index (χ3n) is 6.51. The summed E-state index contributed by atoms with van der Waals surface area (Å²) in [7, 11) is 0. The van der Waals surface area contributed by atoms with Crippen molar-refractivity contribution in [3.8, 4) is 0 Å². The van der Waals surface area contributed by atoms with E-state index >= 15 is 0 Å². The lowest BCUT2D eigenvalue weighted by Gasteiger charge is -2.56. The van der Waals surface area contributed by atoms with Crippen molar-refractivity contribution in [1.82, 2.24) is 20.6 Å². The Hall–Kier alpha value is -2.50. The fourth-order valence-electron chi connectivity index (χ4n) is 5.82. The number of aromatic amines is 1. The molecule has 0 unspecified atom stereocenters. The van der Waals surface area contributed by atoms with E-state index in [1.807, 2.05) is 18.2 Å². The second-order valence-electron chi connectivity index (χ2n) is 8.34. The molecule has 0 atom stereocenters. The topological polar surface area (TPSA) is 83.0 Å². The molecule has 4 fully saturated rings. The Balaban J connectivity index is 1.29. The number of pyridine rings is 1. The highest BCUT2D eigenvalue weighted by Crippen LogP contribution is 2.60. The zero-order valence-corrected chi connectivity index (χ0v) is 14.7. The number of hydrogen-bond donors (Lipinski definition) is 2. The molecule has 6 heteroatoms. The molecule has 6 rings (SSSR count). The van der Waals surface area contributed by atoms with Crippen molar-refractivity contribution < 1.29 is 4.79 Å².